The van der Waals surface area contributed by atoms with E-state index >= 15 is 0 Å². The highest BCUT2D eigenvalue weighted by molar-refractivity contribution is 7.99. The Balaban J connectivity index is 1.54. The molecule has 0 spiro atoms. The number of rotatable bonds is 6. The Morgan fingerprint density at radius 3 is 2.61 bits per heavy atom. The molecular formula is C21H22N4O2S. The van der Waals surface area contributed by atoms with Gasteiger partial charge in [-0.15, -0.1) is 10.2 Å². The summed E-state index contributed by atoms with van der Waals surface area (Å²) in [5.41, 5.74) is 3.45. The van der Waals surface area contributed by atoms with Crippen LogP contribution in [-0.4, -0.2) is 33.4 Å². The van der Waals surface area contributed by atoms with E-state index in [1.165, 1.54) is 5.56 Å². The number of benzene rings is 2. The van der Waals surface area contributed by atoms with Crippen LogP contribution in [-0.2, 0) is 6.61 Å². The van der Waals surface area contributed by atoms with Crippen molar-refractivity contribution in [3.8, 4) is 11.5 Å². The topological polar surface area (TPSA) is 61.5 Å². The van der Waals surface area contributed by atoms with Crippen LogP contribution in [0.5, 0.6) is 11.5 Å². The molecular weight excluding hydrogens is 372 g/mol. The van der Waals surface area contributed by atoms with Gasteiger partial charge in [-0.2, -0.15) is 9.78 Å². The monoisotopic (exact) mass is 394 g/mol. The van der Waals surface area contributed by atoms with Gasteiger partial charge in [-0.3, -0.25) is 0 Å². The standard InChI is InChI=1S/C21H22N4O2S/c1-14(2)15-7-9-16(10-8-15)19-13-28-21-23-22-20(25(21)24-19)12-27-18-6-4-5-17(11-18)26-3/h4-11,14H,12-13H2,1-3H3. The number of methoxy groups -OCH3 is 1. The normalized spacial score (nSPS) is 13.2. The summed E-state index contributed by atoms with van der Waals surface area (Å²) in [4.78, 5) is 0. The molecule has 7 heteroatoms. The molecule has 0 N–H and O–H groups in total. The predicted molar refractivity (Wildman–Crippen MR) is 111 cm³/mol. The van der Waals surface area contributed by atoms with Crippen LogP contribution in [0.25, 0.3) is 0 Å². The average molecular weight is 395 g/mol. The molecule has 0 fully saturated rings. The van der Waals surface area contributed by atoms with E-state index in [4.69, 9.17) is 14.6 Å². The van der Waals surface area contributed by atoms with Crippen LogP contribution in [0.3, 0.4) is 0 Å². The van der Waals surface area contributed by atoms with Crippen molar-refractivity contribution in [1.29, 1.82) is 0 Å². The summed E-state index contributed by atoms with van der Waals surface area (Å²) in [5.74, 6) is 3.42. The van der Waals surface area contributed by atoms with E-state index < -0.39 is 0 Å². The van der Waals surface area contributed by atoms with Crippen LogP contribution in [0, 0.1) is 0 Å². The molecule has 28 heavy (non-hydrogen) atoms. The molecule has 0 saturated carbocycles. The van der Waals surface area contributed by atoms with Crippen LogP contribution in [0.1, 0.15) is 36.7 Å². The lowest BCUT2D eigenvalue weighted by Crippen LogP contribution is -2.15. The number of hydrogen-bond donors (Lipinski definition) is 0. The van der Waals surface area contributed by atoms with Crippen LogP contribution < -0.4 is 9.47 Å². The highest BCUT2D eigenvalue weighted by atomic mass is 32.2. The molecule has 1 aliphatic heterocycles. The number of nitrogens with zero attached hydrogens (tertiary/aromatic N) is 4. The number of aromatic nitrogens is 3. The van der Waals surface area contributed by atoms with Gasteiger partial charge in [-0.25, -0.2) is 0 Å². The third-order valence-electron chi connectivity index (χ3n) is 4.56. The lowest BCUT2D eigenvalue weighted by atomic mass is 10.0. The number of thioether (sulfide) groups is 1. The lowest BCUT2D eigenvalue weighted by molar-refractivity contribution is 0.288. The smallest absolute Gasteiger partial charge is 0.212 e. The Labute approximate surface area is 168 Å². The highest BCUT2D eigenvalue weighted by Crippen LogP contribution is 2.26. The Hall–Kier alpha value is -2.80. The Kier molecular flexibility index (Phi) is 5.34. The first-order valence-corrected chi connectivity index (χ1v) is 10.1. The molecule has 6 nitrogen and oxygen atoms in total. The van der Waals surface area contributed by atoms with Gasteiger partial charge in [0, 0.05) is 11.8 Å². The quantitative estimate of drug-likeness (QED) is 0.622. The molecule has 0 radical (unpaired) electrons. The van der Waals surface area contributed by atoms with Gasteiger partial charge >= 0.3 is 0 Å². The molecule has 0 atom stereocenters. The van der Waals surface area contributed by atoms with Crippen molar-refractivity contribution in [3.05, 3.63) is 65.5 Å². The zero-order chi connectivity index (χ0) is 19.5. The fourth-order valence-corrected chi connectivity index (χ4v) is 3.76. The van der Waals surface area contributed by atoms with E-state index in [1.54, 1.807) is 23.5 Å². The minimum Gasteiger partial charge on any atom is -0.497 e. The molecule has 0 bridgehead atoms. The average Bonchev–Trinajstić information content (AvgIpc) is 3.14. The van der Waals surface area contributed by atoms with Gasteiger partial charge in [0.15, 0.2) is 5.82 Å². The van der Waals surface area contributed by atoms with Crippen molar-refractivity contribution in [3.63, 3.8) is 0 Å². The first-order valence-electron chi connectivity index (χ1n) is 9.16. The van der Waals surface area contributed by atoms with E-state index in [0.717, 1.165) is 27.9 Å². The van der Waals surface area contributed by atoms with Gasteiger partial charge in [0.2, 0.25) is 5.16 Å². The molecule has 0 aliphatic carbocycles. The van der Waals surface area contributed by atoms with Crippen molar-refractivity contribution < 1.29 is 9.47 Å². The van der Waals surface area contributed by atoms with Gasteiger partial charge in [0.1, 0.15) is 18.1 Å². The van der Waals surface area contributed by atoms with Gasteiger partial charge in [0.25, 0.3) is 0 Å². The Morgan fingerprint density at radius 1 is 1.07 bits per heavy atom. The van der Waals surface area contributed by atoms with Gasteiger partial charge in [-0.05, 0) is 29.2 Å². The largest absolute Gasteiger partial charge is 0.497 e. The van der Waals surface area contributed by atoms with Gasteiger partial charge < -0.3 is 9.47 Å². The molecule has 2 aromatic carbocycles. The second-order valence-electron chi connectivity index (χ2n) is 6.79. The number of fused-ring (bicyclic) bond motifs is 1. The second-order valence-corrected chi connectivity index (χ2v) is 7.73. The second kappa shape index (κ2) is 8.06. The molecule has 0 saturated heterocycles. The van der Waals surface area contributed by atoms with Crippen molar-refractivity contribution in [2.45, 2.75) is 31.5 Å². The predicted octanol–water partition coefficient (Wildman–Crippen LogP) is 4.35. The summed E-state index contributed by atoms with van der Waals surface area (Å²) in [6.45, 7) is 4.67. The van der Waals surface area contributed by atoms with E-state index in [9.17, 15) is 0 Å². The van der Waals surface area contributed by atoms with Crippen LogP contribution >= 0.6 is 11.8 Å². The Bertz CT molecular complexity index is 996. The molecule has 1 aliphatic rings. The van der Waals surface area contributed by atoms with Gasteiger partial charge in [0.05, 0.1) is 12.8 Å². The number of hydrogen-bond acceptors (Lipinski definition) is 6. The Morgan fingerprint density at radius 2 is 1.86 bits per heavy atom. The molecule has 4 rings (SSSR count). The fraction of sp³-hybridized carbons (Fsp3) is 0.286. The summed E-state index contributed by atoms with van der Waals surface area (Å²) < 4.78 is 12.9. The summed E-state index contributed by atoms with van der Waals surface area (Å²) in [6.07, 6.45) is 0. The van der Waals surface area contributed by atoms with Crippen LogP contribution in [0.15, 0.2) is 58.8 Å². The third-order valence-corrected chi connectivity index (χ3v) is 5.49. The zero-order valence-corrected chi connectivity index (χ0v) is 16.9. The maximum absolute atomic E-state index is 5.86. The summed E-state index contributed by atoms with van der Waals surface area (Å²) in [5, 5.41) is 14.0. The number of ether oxygens (including phenoxy) is 2. The third kappa shape index (κ3) is 3.89. The maximum atomic E-state index is 5.86. The first kappa shape index (κ1) is 18.6. The molecule has 2 heterocycles. The van der Waals surface area contributed by atoms with E-state index in [1.807, 2.05) is 24.3 Å². The summed E-state index contributed by atoms with van der Waals surface area (Å²) in [7, 11) is 1.63. The SMILES string of the molecule is COc1cccc(OCc2nnc3n2N=C(c2ccc(C(C)C)cc2)CS3)c1. The summed E-state index contributed by atoms with van der Waals surface area (Å²) in [6, 6.07) is 16.1. The lowest BCUT2D eigenvalue weighted by Gasteiger charge is -2.15. The maximum Gasteiger partial charge on any atom is 0.212 e. The highest BCUT2D eigenvalue weighted by Gasteiger charge is 2.20. The van der Waals surface area contributed by atoms with E-state index in [0.29, 0.717) is 17.5 Å². The fourth-order valence-electron chi connectivity index (χ4n) is 2.90. The van der Waals surface area contributed by atoms with Crippen molar-refractivity contribution in [1.82, 2.24) is 14.9 Å². The van der Waals surface area contributed by atoms with Gasteiger partial charge in [-0.1, -0.05) is 55.9 Å². The zero-order valence-electron chi connectivity index (χ0n) is 16.1. The molecule has 3 aromatic rings. The van der Waals surface area contributed by atoms with Crippen LogP contribution in [0.4, 0.5) is 0 Å². The first-order chi connectivity index (χ1) is 13.6. The molecule has 1 aromatic heterocycles. The van der Waals surface area contributed by atoms with Crippen molar-refractivity contribution in [2.24, 2.45) is 5.10 Å². The molecule has 144 valence electrons. The molecule has 0 amide bonds. The summed E-state index contributed by atoms with van der Waals surface area (Å²) >= 11 is 1.63. The van der Waals surface area contributed by atoms with Crippen molar-refractivity contribution in [2.75, 3.05) is 12.9 Å². The van der Waals surface area contributed by atoms with Crippen molar-refractivity contribution >= 4 is 17.5 Å². The van der Waals surface area contributed by atoms with E-state index in [2.05, 4.69) is 48.3 Å². The molecule has 0 unspecified atom stereocenters. The minimum atomic E-state index is 0.282. The van der Waals surface area contributed by atoms with Crippen LogP contribution in [0.2, 0.25) is 0 Å². The van der Waals surface area contributed by atoms with E-state index in [-0.39, 0.29) is 6.61 Å². The minimum absolute atomic E-state index is 0.282.